The predicted octanol–water partition coefficient (Wildman–Crippen LogP) is 5.64. The average Bonchev–Trinajstić information content (AvgIpc) is 2.73. The highest BCUT2D eigenvalue weighted by molar-refractivity contribution is 9.10. The Labute approximate surface area is 180 Å². The maximum Gasteiger partial charge on any atom is 0.223 e. The lowest BCUT2D eigenvalue weighted by atomic mass is 9.82. The third-order valence-electron chi connectivity index (χ3n) is 4.92. The Morgan fingerprint density at radius 3 is 2.72 bits per heavy atom. The quantitative estimate of drug-likeness (QED) is 0.338. The number of oxime groups is 1. The third kappa shape index (κ3) is 5.41. The molecule has 0 aliphatic heterocycles. The molecule has 0 fully saturated rings. The summed E-state index contributed by atoms with van der Waals surface area (Å²) in [6.45, 7) is 8.47. The van der Waals surface area contributed by atoms with Crippen molar-refractivity contribution in [2.75, 3.05) is 11.9 Å². The van der Waals surface area contributed by atoms with Crippen LogP contribution in [-0.4, -0.2) is 27.4 Å². The summed E-state index contributed by atoms with van der Waals surface area (Å²) >= 11 is 3.48. The molecular formula is C23H25BrN4O. The minimum absolute atomic E-state index is 0.217. The Morgan fingerprint density at radius 1 is 1.31 bits per heavy atom. The van der Waals surface area contributed by atoms with Crippen molar-refractivity contribution in [2.45, 2.75) is 32.6 Å². The van der Waals surface area contributed by atoms with E-state index in [1.807, 2.05) is 44.2 Å². The molecule has 0 spiro atoms. The Hall–Kier alpha value is -2.73. The molecule has 1 heterocycles. The molecule has 0 radical (unpaired) electrons. The van der Waals surface area contributed by atoms with Gasteiger partial charge in [-0.2, -0.15) is 0 Å². The first-order valence-corrected chi connectivity index (χ1v) is 10.3. The van der Waals surface area contributed by atoms with Crippen LogP contribution < -0.4 is 5.32 Å². The van der Waals surface area contributed by atoms with Crippen LogP contribution in [0.4, 0.5) is 5.95 Å². The van der Waals surface area contributed by atoms with E-state index >= 15 is 0 Å². The Bertz CT molecular complexity index is 977. The molecule has 5 nitrogen and oxygen atoms in total. The number of anilines is 1. The zero-order valence-corrected chi connectivity index (χ0v) is 18.3. The summed E-state index contributed by atoms with van der Waals surface area (Å²) in [5.74, 6) is 0.786. The fraction of sp³-hybridized carbons (Fsp3) is 0.261. The monoisotopic (exact) mass is 452 g/mol. The summed E-state index contributed by atoms with van der Waals surface area (Å²) < 4.78 is 1.04. The summed E-state index contributed by atoms with van der Waals surface area (Å²) in [5, 5.41) is 16.3. The van der Waals surface area contributed by atoms with Gasteiger partial charge in [0.25, 0.3) is 0 Å². The molecule has 29 heavy (non-hydrogen) atoms. The second kappa shape index (κ2) is 9.65. The summed E-state index contributed by atoms with van der Waals surface area (Å²) in [6, 6.07) is 8.26. The average molecular weight is 453 g/mol. The van der Waals surface area contributed by atoms with Gasteiger partial charge in [0.1, 0.15) is 0 Å². The SMILES string of the molecule is C=C(C)/C=C\C(=C/C)CNc1ncc2c(n1)CC(c1ccc(Br)cc1)C/C2=N\O. The third-order valence-corrected chi connectivity index (χ3v) is 5.45. The maximum absolute atomic E-state index is 9.51. The van der Waals surface area contributed by atoms with Gasteiger partial charge in [-0.25, -0.2) is 9.97 Å². The Kier molecular flexibility index (Phi) is 6.99. The molecule has 1 unspecified atom stereocenters. The molecular weight excluding hydrogens is 428 g/mol. The summed E-state index contributed by atoms with van der Waals surface area (Å²) in [4.78, 5) is 9.13. The smallest absolute Gasteiger partial charge is 0.223 e. The van der Waals surface area contributed by atoms with Crippen LogP contribution in [0, 0.1) is 0 Å². The Morgan fingerprint density at radius 2 is 2.07 bits per heavy atom. The van der Waals surface area contributed by atoms with Crippen molar-refractivity contribution in [2.24, 2.45) is 5.16 Å². The number of hydrogen-bond acceptors (Lipinski definition) is 5. The van der Waals surface area contributed by atoms with E-state index in [-0.39, 0.29) is 5.92 Å². The summed E-state index contributed by atoms with van der Waals surface area (Å²) in [6.07, 6.45) is 9.25. The van der Waals surface area contributed by atoms with Crippen LogP contribution in [0.3, 0.4) is 0 Å². The first-order chi connectivity index (χ1) is 14.0. The molecule has 1 atom stereocenters. The normalized spacial score (nSPS) is 18.1. The second-order valence-corrected chi connectivity index (χ2v) is 8.07. The highest BCUT2D eigenvalue weighted by Gasteiger charge is 2.27. The van der Waals surface area contributed by atoms with Crippen molar-refractivity contribution in [1.82, 2.24) is 9.97 Å². The number of nitrogens with zero attached hydrogens (tertiary/aromatic N) is 3. The molecule has 1 aliphatic rings. The lowest BCUT2D eigenvalue weighted by Crippen LogP contribution is -2.22. The molecule has 6 heteroatoms. The minimum Gasteiger partial charge on any atom is -0.411 e. The van der Waals surface area contributed by atoms with Gasteiger partial charge >= 0.3 is 0 Å². The van der Waals surface area contributed by atoms with E-state index in [9.17, 15) is 5.21 Å². The molecule has 1 aliphatic carbocycles. The minimum atomic E-state index is 0.217. The van der Waals surface area contributed by atoms with Crippen molar-refractivity contribution in [1.29, 1.82) is 0 Å². The van der Waals surface area contributed by atoms with Crippen molar-refractivity contribution >= 4 is 27.6 Å². The Balaban J connectivity index is 1.79. The van der Waals surface area contributed by atoms with Crippen LogP contribution in [0.5, 0.6) is 0 Å². The number of aromatic nitrogens is 2. The molecule has 1 aromatic carbocycles. The van der Waals surface area contributed by atoms with Crippen molar-refractivity contribution in [3.8, 4) is 0 Å². The van der Waals surface area contributed by atoms with Crippen LogP contribution in [0.1, 0.15) is 43.0 Å². The lowest BCUT2D eigenvalue weighted by molar-refractivity contribution is 0.316. The summed E-state index contributed by atoms with van der Waals surface area (Å²) in [7, 11) is 0. The topological polar surface area (TPSA) is 70.4 Å². The molecule has 0 saturated carbocycles. The predicted molar refractivity (Wildman–Crippen MR) is 122 cm³/mol. The van der Waals surface area contributed by atoms with E-state index in [1.54, 1.807) is 6.20 Å². The van der Waals surface area contributed by atoms with Gasteiger partial charge in [0.2, 0.25) is 5.95 Å². The zero-order valence-electron chi connectivity index (χ0n) is 16.7. The molecule has 0 bridgehead atoms. The first kappa shape index (κ1) is 21.0. The molecule has 1 aromatic heterocycles. The molecule has 0 saturated heterocycles. The number of rotatable bonds is 6. The number of halogens is 1. The van der Waals surface area contributed by atoms with E-state index in [2.05, 4.69) is 50.1 Å². The van der Waals surface area contributed by atoms with Crippen LogP contribution in [0.2, 0.25) is 0 Å². The van der Waals surface area contributed by atoms with E-state index in [4.69, 9.17) is 4.98 Å². The maximum atomic E-state index is 9.51. The van der Waals surface area contributed by atoms with Crippen molar-refractivity contribution < 1.29 is 5.21 Å². The van der Waals surface area contributed by atoms with E-state index < -0.39 is 0 Å². The van der Waals surface area contributed by atoms with Crippen LogP contribution >= 0.6 is 15.9 Å². The van der Waals surface area contributed by atoms with E-state index in [0.29, 0.717) is 24.6 Å². The highest BCUT2D eigenvalue weighted by Crippen LogP contribution is 2.33. The van der Waals surface area contributed by atoms with Crippen molar-refractivity contribution in [3.05, 3.63) is 87.7 Å². The number of benzene rings is 1. The van der Waals surface area contributed by atoms with Gasteiger partial charge in [-0.05, 0) is 49.5 Å². The van der Waals surface area contributed by atoms with Crippen LogP contribution in [0.15, 0.2) is 76.0 Å². The van der Waals surface area contributed by atoms with Crippen molar-refractivity contribution in [3.63, 3.8) is 0 Å². The van der Waals surface area contributed by atoms with Gasteiger partial charge < -0.3 is 10.5 Å². The van der Waals surface area contributed by atoms with Gasteiger partial charge in [-0.1, -0.05) is 63.6 Å². The van der Waals surface area contributed by atoms with Gasteiger partial charge in [-0.3, -0.25) is 0 Å². The molecule has 2 aromatic rings. The molecule has 3 rings (SSSR count). The number of fused-ring (bicyclic) bond motifs is 1. The molecule has 150 valence electrons. The van der Waals surface area contributed by atoms with E-state index in [1.165, 1.54) is 5.56 Å². The largest absolute Gasteiger partial charge is 0.411 e. The van der Waals surface area contributed by atoms with Crippen LogP contribution in [0.25, 0.3) is 0 Å². The fourth-order valence-corrected chi connectivity index (χ4v) is 3.57. The number of allylic oxidation sites excluding steroid dienone is 3. The summed E-state index contributed by atoms with van der Waals surface area (Å²) in [5.41, 5.74) is 5.68. The van der Waals surface area contributed by atoms with Gasteiger partial charge in [-0.15, -0.1) is 0 Å². The standard InChI is InChI=1S/C23H25BrN4O/c1-4-16(6-5-15(2)3)13-25-23-26-14-20-21(27-23)11-18(12-22(20)28-29)17-7-9-19(24)10-8-17/h4-10,14,18,29H,2,11-13H2,1,3H3,(H,25,26,27)/b6-5-,16-4+,28-22+. The fourth-order valence-electron chi connectivity index (χ4n) is 3.30. The molecule has 2 N–H and O–H groups in total. The van der Waals surface area contributed by atoms with E-state index in [0.717, 1.165) is 33.3 Å². The second-order valence-electron chi connectivity index (χ2n) is 7.15. The molecule has 0 amide bonds. The number of nitrogens with one attached hydrogen (secondary N) is 1. The van der Waals surface area contributed by atoms with Gasteiger partial charge in [0.05, 0.1) is 11.4 Å². The van der Waals surface area contributed by atoms with Crippen LogP contribution in [-0.2, 0) is 6.42 Å². The first-order valence-electron chi connectivity index (χ1n) is 9.55. The zero-order chi connectivity index (χ0) is 20.8. The number of hydrogen-bond donors (Lipinski definition) is 2. The lowest BCUT2D eigenvalue weighted by Gasteiger charge is -2.25. The van der Waals surface area contributed by atoms with Gasteiger partial charge in [0.15, 0.2) is 0 Å². The van der Waals surface area contributed by atoms with Gasteiger partial charge in [0, 0.05) is 29.2 Å². The highest BCUT2D eigenvalue weighted by atomic mass is 79.9.